The first-order chi connectivity index (χ1) is 11.2. The lowest BCUT2D eigenvalue weighted by atomic mass is 10.0. The van der Waals surface area contributed by atoms with Gasteiger partial charge in [0, 0.05) is 31.1 Å². The molecule has 0 aliphatic carbocycles. The molecule has 0 radical (unpaired) electrons. The Balaban J connectivity index is 1.66. The second-order valence-corrected chi connectivity index (χ2v) is 6.29. The van der Waals surface area contributed by atoms with Crippen LogP contribution in [0.3, 0.4) is 0 Å². The lowest BCUT2D eigenvalue weighted by molar-refractivity contribution is 0.00672. The van der Waals surface area contributed by atoms with Gasteiger partial charge < -0.3 is 10.1 Å². The lowest BCUT2D eigenvalue weighted by Crippen LogP contribution is -2.51. The summed E-state index contributed by atoms with van der Waals surface area (Å²) in [5.41, 5.74) is 1.34. The normalized spacial score (nSPS) is 17.5. The van der Waals surface area contributed by atoms with Gasteiger partial charge in [-0.15, -0.1) is 0 Å². The number of carbonyl (C=O) groups excluding carboxylic acids is 1. The van der Waals surface area contributed by atoms with E-state index in [-0.39, 0.29) is 5.91 Å². The first kappa shape index (κ1) is 16.0. The zero-order chi connectivity index (χ0) is 16.2. The van der Waals surface area contributed by atoms with Gasteiger partial charge in [0.25, 0.3) is 5.91 Å². The predicted octanol–water partition coefficient (Wildman–Crippen LogP) is 1.65. The molecule has 6 nitrogen and oxygen atoms in total. The summed E-state index contributed by atoms with van der Waals surface area (Å²) in [7, 11) is 0. The largest absolute Gasteiger partial charge is 0.379 e. The Morgan fingerprint density at radius 3 is 2.83 bits per heavy atom. The van der Waals surface area contributed by atoms with Crippen LogP contribution in [0, 0.1) is 5.92 Å². The molecule has 2 aromatic rings. The highest BCUT2D eigenvalue weighted by Gasteiger charge is 2.25. The number of amides is 1. The van der Waals surface area contributed by atoms with E-state index < -0.39 is 0 Å². The van der Waals surface area contributed by atoms with Crippen LogP contribution in [0.5, 0.6) is 0 Å². The number of fused-ring (bicyclic) bond motifs is 1. The van der Waals surface area contributed by atoms with Crippen molar-refractivity contribution in [2.75, 3.05) is 32.8 Å². The summed E-state index contributed by atoms with van der Waals surface area (Å²) in [5.74, 6) is 0.339. The third kappa shape index (κ3) is 3.54. The maximum atomic E-state index is 12.5. The number of hydrogen-bond acceptors (Lipinski definition) is 4. The standard InChI is InChI=1S/C17H24N4O2/c1-12(2)15(21-7-9-23-10-8-21)11-18-17(22)16-13-5-3-4-6-14(13)19-20-16/h3-6,12,15H,7-11H2,1-2H3,(H,18,22)(H,19,20)/t15-/m0/s1. The minimum Gasteiger partial charge on any atom is -0.379 e. The number of nitrogens with one attached hydrogen (secondary N) is 2. The molecule has 0 bridgehead atoms. The van der Waals surface area contributed by atoms with Crippen LogP contribution < -0.4 is 5.32 Å². The third-order valence-electron chi connectivity index (χ3n) is 4.44. The van der Waals surface area contributed by atoms with Crippen LogP contribution in [-0.2, 0) is 4.74 Å². The van der Waals surface area contributed by atoms with Crippen LogP contribution in [0.1, 0.15) is 24.3 Å². The van der Waals surface area contributed by atoms with Gasteiger partial charge in [0.15, 0.2) is 5.69 Å². The molecule has 6 heteroatoms. The number of morpholine rings is 1. The number of hydrogen-bond donors (Lipinski definition) is 2. The Hall–Kier alpha value is -1.92. The van der Waals surface area contributed by atoms with Gasteiger partial charge in [0.1, 0.15) is 0 Å². The van der Waals surface area contributed by atoms with Gasteiger partial charge in [-0.2, -0.15) is 5.10 Å². The SMILES string of the molecule is CC(C)[C@H](CNC(=O)c1n[nH]c2ccccc12)N1CCOCC1. The molecule has 124 valence electrons. The molecule has 2 N–H and O–H groups in total. The maximum Gasteiger partial charge on any atom is 0.272 e. The van der Waals surface area contributed by atoms with E-state index >= 15 is 0 Å². The summed E-state index contributed by atoms with van der Waals surface area (Å²) in [6, 6.07) is 7.99. The second-order valence-electron chi connectivity index (χ2n) is 6.29. The van der Waals surface area contributed by atoms with E-state index in [0.717, 1.165) is 37.2 Å². The summed E-state index contributed by atoms with van der Waals surface area (Å²) in [6.07, 6.45) is 0. The van der Waals surface area contributed by atoms with Crippen molar-refractivity contribution in [2.45, 2.75) is 19.9 Å². The number of aromatic nitrogens is 2. The lowest BCUT2D eigenvalue weighted by Gasteiger charge is -2.36. The summed E-state index contributed by atoms with van der Waals surface area (Å²) >= 11 is 0. The number of aromatic amines is 1. The molecule has 1 saturated heterocycles. The van der Waals surface area contributed by atoms with Crippen molar-refractivity contribution >= 4 is 16.8 Å². The van der Waals surface area contributed by atoms with Crippen molar-refractivity contribution in [2.24, 2.45) is 5.92 Å². The molecule has 1 aromatic carbocycles. The summed E-state index contributed by atoms with van der Waals surface area (Å²) < 4.78 is 5.42. The number of rotatable bonds is 5. The molecule has 0 saturated carbocycles. The van der Waals surface area contributed by atoms with Crippen LogP contribution in [0.2, 0.25) is 0 Å². The van der Waals surface area contributed by atoms with Crippen molar-refractivity contribution < 1.29 is 9.53 Å². The van der Waals surface area contributed by atoms with Gasteiger partial charge in [-0.3, -0.25) is 14.8 Å². The number of H-pyrrole nitrogens is 1. The van der Waals surface area contributed by atoms with E-state index in [2.05, 4.69) is 34.3 Å². The van der Waals surface area contributed by atoms with Crippen LogP contribution in [-0.4, -0.2) is 59.9 Å². The predicted molar refractivity (Wildman–Crippen MR) is 89.4 cm³/mol. The Labute approximate surface area is 136 Å². The number of nitrogens with zero attached hydrogens (tertiary/aromatic N) is 2. The van der Waals surface area contributed by atoms with Gasteiger partial charge in [0.05, 0.1) is 18.7 Å². The van der Waals surface area contributed by atoms with Crippen molar-refractivity contribution in [3.8, 4) is 0 Å². The zero-order valence-electron chi connectivity index (χ0n) is 13.7. The van der Waals surface area contributed by atoms with E-state index in [1.807, 2.05) is 24.3 Å². The monoisotopic (exact) mass is 316 g/mol. The molecule has 3 rings (SSSR count). The van der Waals surface area contributed by atoms with Crippen molar-refractivity contribution in [3.63, 3.8) is 0 Å². The average Bonchev–Trinajstić information content (AvgIpc) is 2.99. The van der Waals surface area contributed by atoms with E-state index in [1.165, 1.54) is 0 Å². The smallest absolute Gasteiger partial charge is 0.272 e. The summed E-state index contributed by atoms with van der Waals surface area (Å²) in [6.45, 7) is 8.38. The van der Waals surface area contributed by atoms with E-state index in [4.69, 9.17) is 4.74 Å². The molecule has 1 aromatic heterocycles. The number of ether oxygens (including phenoxy) is 1. The molecule has 1 aliphatic rings. The van der Waals surface area contributed by atoms with E-state index in [1.54, 1.807) is 0 Å². The van der Waals surface area contributed by atoms with Crippen LogP contribution in [0.15, 0.2) is 24.3 Å². The highest BCUT2D eigenvalue weighted by molar-refractivity contribution is 6.04. The topological polar surface area (TPSA) is 70.2 Å². The molecule has 0 spiro atoms. The fourth-order valence-corrected chi connectivity index (χ4v) is 3.11. The average molecular weight is 316 g/mol. The van der Waals surface area contributed by atoms with Gasteiger partial charge in [-0.05, 0) is 12.0 Å². The first-order valence-corrected chi connectivity index (χ1v) is 8.20. The Kier molecular flexibility index (Phi) is 4.93. The van der Waals surface area contributed by atoms with Gasteiger partial charge in [0.2, 0.25) is 0 Å². The molecule has 1 aliphatic heterocycles. The molecular formula is C17H24N4O2. The third-order valence-corrected chi connectivity index (χ3v) is 4.44. The minimum absolute atomic E-state index is 0.124. The number of carbonyl (C=O) groups is 1. The Morgan fingerprint density at radius 2 is 2.09 bits per heavy atom. The fraction of sp³-hybridized carbons (Fsp3) is 0.529. The zero-order valence-corrected chi connectivity index (χ0v) is 13.7. The van der Waals surface area contributed by atoms with Gasteiger partial charge in [-0.25, -0.2) is 0 Å². The van der Waals surface area contributed by atoms with Crippen molar-refractivity contribution in [1.29, 1.82) is 0 Å². The maximum absolute atomic E-state index is 12.5. The van der Waals surface area contributed by atoms with E-state index in [9.17, 15) is 4.79 Å². The molecule has 2 heterocycles. The van der Waals surface area contributed by atoms with Gasteiger partial charge in [-0.1, -0.05) is 32.0 Å². The fourth-order valence-electron chi connectivity index (χ4n) is 3.11. The first-order valence-electron chi connectivity index (χ1n) is 8.20. The van der Waals surface area contributed by atoms with Crippen LogP contribution >= 0.6 is 0 Å². The van der Waals surface area contributed by atoms with Crippen LogP contribution in [0.4, 0.5) is 0 Å². The molecule has 0 unspecified atom stereocenters. The Morgan fingerprint density at radius 1 is 1.35 bits per heavy atom. The van der Waals surface area contributed by atoms with Crippen LogP contribution in [0.25, 0.3) is 10.9 Å². The number of benzene rings is 1. The molecule has 23 heavy (non-hydrogen) atoms. The van der Waals surface area contributed by atoms with Crippen molar-refractivity contribution in [3.05, 3.63) is 30.0 Å². The molecule has 1 atom stereocenters. The summed E-state index contributed by atoms with van der Waals surface area (Å²) in [5, 5.41) is 11.0. The second kappa shape index (κ2) is 7.10. The molecule has 1 fully saturated rings. The van der Waals surface area contributed by atoms with Crippen molar-refractivity contribution in [1.82, 2.24) is 20.4 Å². The van der Waals surface area contributed by atoms with Gasteiger partial charge >= 0.3 is 0 Å². The van der Waals surface area contributed by atoms with E-state index in [0.29, 0.717) is 24.2 Å². The summed E-state index contributed by atoms with van der Waals surface area (Å²) in [4.78, 5) is 14.9. The minimum atomic E-state index is -0.124. The quantitative estimate of drug-likeness (QED) is 0.880. The molecule has 1 amide bonds. The highest BCUT2D eigenvalue weighted by atomic mass is 16.5. The highest BCUT2D eigenvalue weighted by Crippen LogP contribution is 2.16. The Bertz CT molecular complexity index is 661. The number of para-hydroxylation sites is 1. The molecular weight excluding hydrogens is 292 g/mol.